The summed E-state index contributed by atoms with van der Waals surface area (Å²) >= 11 is 0. The van der Waals surface area contributed by atoms with E-state index in [1.165, 1.54) is 0 Å². The average Bonchev–Trinajstić information content (AvgIpc) is 2.29. The second-order valence-corrected chi connectivity index (χ2v) is 4.54. The number of aromatic nitrogens is 1. The summed E-state index contributed by atoms with van der Waals surface area (Å²) in [6.45, 7) is 0.483. The number of hydrogen-bond acceptors (Lipinski definition) is 2. The molecule has 0 aromatic carbocycles. The molecule has 1 saturated heterocycles. The molecule has 2 heterocycles. The van der Waals surface area contributed by atoms with Gasteiger partial charge in [-0.3, -0.25) is 9.88 Å². The lowest BCUT2D eigenvalue weighted by Crippen LogP contribution is -2.39. The van der Waals surface area contributed by atoms with Crippen molar-refractivity contribution in [3.05, 3.63) is 30.1 Å². The van der Waals surface area contributed by atoms with Crippen LogP contribution in [0, 0.1) is 5.92 Å². The summed E-state index contributed by atoms with van der Waals surface area (Å²) in [5.74, 6) is -1.18. The third kappa shape index (κ3) is 2.77. The molecule has 1 unspecified atom stereocenters. The second kappa shape index (κ2) is 4.64. The minimum Gasteiger partial charge on any atom is -0.299 e. The van der Waals surface area contributed by atoms with Crippen molar-refractivity contribution in [2.24, 2.45) is 5.92 Å². The van der Waals surface area contributed by atoms with Crippen molar-refractivity contribution in [2.75, 3.05) is 13.6 Å². The van der Waals surface area contributed by atoms with Gasteiger partial charge in [0.1, 0.15) is 0 Å². The number of alkyl halides is 3. The van der Waals surface area contributed by atoms with Gasteiger partial charge >= 0.3 is 6.18 Å². The van der Waals surface area contributed by atoms with Crippen LogP contribution >= 0.6 is 0 Å². The van der Waals surface area contributed by atoms with Gasteiger partial charge in [0.25, 0.3) is 0 Å². The number of halogens is 3. The van der Waals surface area contributed by atoms with Gasteiger partial charge in [0.2, 0.25) is 0 Å². The van der Waals surface area contributed by atoms with Crippen LogP contribution in [0.4, 0.5) is 13.2 Å². The fraction of sp³-hybridized carbons (Fsp3) is 0.583. The summed E-state index contributed by atoms with van der Waals surface area (Å²) in [6.07, 6.45) is -0.487. The van der Waals surface area contributed by atoms with E-state index >= 15 is 0 Å². The fourth-order valence-electron chi connectivity index (χ4n) is 2.36. The van der Waals surface area contributed by atoms with Crippen molar-refractivity contribution in [1.82, 2.24) is 9.88 Å². The third-order valence-corrected chi connectivity index (χ3v) is 3.42. The highest BCUT2D eigenvalue weighted by molar-refractivity contribution is 5.16. The maximum atomic E-state index is 12.7. The lowest BCUT2D eigenvalue weighted by atomic mass is 9.87. The first kappa shape index (κ1) is 12.4. The topological polar surface area (TPSA) is 16.1 Å². The first-order valence-corrected chi connectivity index (χ1v) is 5.65. The van der Waals surface area contributed by atoms with E-state index in [1.54, 1.807) is 24.5 Å². The first-order chi connectivity index (χ1) is 7.98. The zero-order valence-corrected chi connectivity index (χ0v) is 9.61. The molecular formula is C12H15F3N2. The maximum absolute atomic E-state index is 12.7. The third-order valence-electron chi connectivity index (χ3n) is 3.42. The molecule has 2 nitrogen and oxygen atoms in total. The minimum atomic E-state index is -4.08. The van der Waals surface area contributed by atoms with Gasteiger partial charge in [-0.15, -0.1) is 0 Å². The van der Waals surface area contributed by atoms with Gasteiger partial charge in [0, 0.05) is 18.4 Å². The number of nitrogens with zero attached hydrogens (tertiary/aromatic N) is 2. The van der Waals surface area contributed by atoms with Gasteiger partial charge < -0.3 is 0 Å². The lowest BCUT2D eigenvalue weighted by molar-refractivity contribution is -0.189. The Morgan fingerprint density at radius 2 is 1.94 bits per heavy atom. The Balaban J connectivity index is 2.16. The lowest BCUT2D eigenvalue weighted by Gasteiger charge is -2.38. The molecule has 5 heteroatoms. The van der Waals surface area contributed by atoms with Crippen LogP contribution in [0.5, 0.6) is 0 Å². The number of rotatable bonds is 1. The Morgan fingerprint density at radius 1 is 1.29 bits per heavy atom. The van der Waals surface area contributed by atoms with E-state index in [0.717, 1.165) is 5.56 Å². The SMILES string of the molecule is CN1CC[C@@H](C(F)(F)F)CC1c1ccncc1. The van der Waals surface area contributed by atoms with Crippen molar-refractivity contribution < 1.29 is 13.2 Å². The Labute approximate surface area is 98.5 Å². The second-order valence-electron chi connectivity index (χ2n) is 4.54. The zero-order valence-electron chi connectivity index (χ0n) is 9.61. The quantitative estimate of drug-likeness (QED) is 0.755. The molecule has 2 rings (SSSR count). The van der Waals surface area contributed by atoms with Crippen LogP contribution in [0.2, 0.25) is 0 Å². The number of piperidine rings is 1. The van der Waals surface area contributed by atoms with Gasteiger partial charge in [0.15, 0.2) is 0 Å². The van der Waals surface area contributed by atoms with E-state index in [0.29, 0.717) is 6.54 Å². The summed E-state index contributed by atoms with van der Waals surface area (Å²) in [4.78, 5) is 5.88. The van der Waals surface area contributed by atoms with Crippen LogP contribution in [0.15, 0.2) is 24.5 Å². The predicted molar refractivity (Wildman–Crippen MR) is 58.4 cm³/mol. The molecule has 1 fully saturated rings. The molecule has 94 valence electrons. The molecule has 1 aliphatic heterocycles. The molecule has 17 heavy (non-hydrogen) atoms. The molecule has 1 aromatic rings. The summed E-state index contributed by atoms with van der Waals surface area (Å²) < 4.78 is 38.2. The Bertz CT molecular complexity index is 364. The largest absolute Gasteiger partial charge is 0.391 e. The van der Waals surface area contributed by atoms with E-state index in [9.17, 15) is 13.2 Å². The van der Waals surface area contributed by atoms with Gasteiger partial charge in [-0.25, -0.2) is 0 Å². The van der Waals surface area contributed by atoms with Crippen molar-refractivity contribution >= 4 is 0 Å². The maximum Gasteiger partial charge on any atom is 0.391 e. The minimum absolute atomic E-state index is 0.143. The van der Waals surface area contributed by atoms with Crippen LogP contribution in [0.1, 0.15) is 24.4 Å². The highest BCUT2D eigenvalue weighted by Crippen LogP contribution is 2.41. The molecule has 1 aromatic heterocycles. The predicted octanol–water partition coefficient (Wildman–Crippen LogP) is 3.03. The van der Waals surface area contributed by atoms with Gasteiger partial charge in [-0.05, 0) is 44.1 Å². The van der Waals surface area contributed by atoms with E-state index in [-0.39, 0.29) is 18.9 Å². The van der Waals surface area contributed by atoms with E-state index < -0.39 is 12.1 Å². The van der Waals surface area contributed by atoms with Crippen molar-refractivity contribution in [1.29, 1.82) is 0 Å². The normalized spacial score (nSPS) is 27.1. The van der Waals surface area contributed by atoms with Gasteiger partial charge in [-0.1, -0.05) is 0 Å². The van der Waals surface area contributed by atoms with Crippen LogP contribution in [-0.2, 0) is 0 Å². The van der Waals surface area contributed by atoms with Crippen molar-refractivity contribution in [3.63, 3.8) is 0 Å². The molecular weight excluding hydrogens is 229 g/mol. The van der Waals surface area contributed by atoms with Crippen LogP contribution in [0.3, 0.4) is 0 Å². The molecule has 0 amide bonds. The number of hydrogen-bond donors (Lipinski definition) is 0. The molecule has 0 aliphatic carbocycles. The van der Waals surface area contributed by atoms with Crippen molar-refractivity contribution in [3.8, 4) is 0 Å². The summed E-state index contributed by atoms with van der Waals surface area (Å²) in [6, 6.07) is 3.43. The van der Waals surface area contributed by atoms with Crippen LogP contribution in [-0.4, -0.2) is 29.7 Å². The van der Waals surface area contributed by atoms with E-state index in [2.05, 4.69) is 4.98 Å². The van der Waals surface area contributed by atoms with Gasteiger partial charge in [-0.2, -0.15) is 13.2 Å². The molecule has 2 atom stereocenters. The Kier molecular flexibility index (Phi) is 3.38. The van der Waals surface area contributed by atoms with Crippen molar-refractivity contribution in [2.45, 2.75) is 25.1 Å². The fourth-order valence-corrected chi connectivity index (χ4v) is 2.36. The molecule has 0 bridgehead atoms. The highest BCUT2D eigenvalue weighted by Gasteiger charge is 2.43. The first-order valence-electron chi connectivity index (χ1n) is 5.65. The summed E-state index contributed by atoms with van der Waals surface area (Å²) in [7, 11) is 1.87. The smallest absolute Gasteiger partial charge is 0.299 e. The molecule has 0 saturated carbocycles. The van der Waals surface area contributed by atoms with E-state index in [1.807, 2.05) is 11.9 Å². The molecule has 0 N–H and O–H groups in total. The summed E-state index contributed by atoms with van der Waals surface area (Å²) in [5, 5.41) is 0. The number of pyridine rings is 1. The van der Waals surface area contributed by atoms with Crippen LogP contribution in [0.25, 0.3) is 0 Å². The van der Waals surface area contributed by atoms with E-state index in [4.69, 9.17) is 0 Å². The zero-order chi connectivity index (χ0) is 12.5. The molecule has 0 radical (unpaired) electrons. The standard InChI is InChI=1S/C12H15F3N2/c1-17-7-4-10(12(13,14)15)8-11(17)9-2-5-16-6-3-9/h2-3,5-6,10-11H,4,7-8H2,1H3/t10-,11?/m1/s1. The summed E-state index contributed by atoms with van der Waals surface area (Å²) in [5.41, 5.74) is 0.913. The monoisotopic (exact) mass is 244 g/mol. The average molecular weight is 244 g/mol. The Hall–Kier alpha value is -1.10. The highest BCUT2D eigenvalue weighted by atomic mass is 19.4. The number of likely N-dealkylation sites (tertiary alicyclic amines) is 1. The van der Waals surface area contributed by atoms with Gasteiger partial charge in [0.05, 0.1) is 5.92 Å². The van der Waals surface area contributed by atoms with Crippen LogP contribution < -0.4 is 0 Å². The molecule has 1 aliphatic rings. The Morgan fingerprint density at radius 3 is 2.53 bits per heavy atom. The molecule has 0 spiro atoms.